The van der Waals surface area contributed by atoms with Crippen molar-refractivity contribution in [2.75, 3.05) is 13.1 Å². The number of hydrogen-bond acceptors (Lipinski definition) is 3. The van der Waals surface area contributed by atoms with E-state index in [1.807, 2.05) is 11.8 Å². The summed E-state index contributed by atoms with van der Waals surface area (Å²) in [7, 11) is 0. The first-order chi connectivity index (χ1) is 10.2. The van der Waals surface area contributed by atoms with Crippen molar-refractivity contribution in [3.05, 3.63) is 35.4 Å². The smallest absolute Gasteiger partial charge is 0.254 e. The first-order valence-electron chi connectivity index (χ1n) is 7.72. The number of nitrogens with zero attached hydrogens (tertiary/aromatic N) is 2. The fourth-order valence-electron chi connectivity index (χ4n) is 3.26. The van der Waals surface area contributed by atoms with E-state index in [1.165, 1.54) is 6.42 Å². The molecule has 0 aromatic heterocycles. The van der Waals surface area contributed by atoms with Gasteiger partial charge in [-0.05, 0) is 56.5 Å². The van der Waals surface area contributed by atoms with Crippen LogP contribution in [0.15, 0.2) is 24.3 Å². The maximum atomic E-state index is 12.7. The minimum Gasteiger partial charge on any atom is -0.336 e. The summed E-state index contributed by atoms with van der Waals surface area (Å²) in [6.45, 7) is 3.35. The van der Waals surface area contributed by atoms with Crippen molar-refractivity contribution >= 4 is 5.91 Å². The molecule has 0 bridgehead atoms. The minimum atomic E-state index is 0.0485. The lowest BCUT2D eigenvalue weighted by atomic mass is 9.83. The molecule has 4 nitrogen and oxygen atoms in total. The Kier molecular flexibility index (Phi) is 5.35. The van der Waals surface area contributed by atoms with E-state index in [9.17, 15) is 4.79 Å². The Labute approximate surface area is 126 Å². The fraction of sp³-hybridized carbons (Fsp3) is 0.529. The predicted octanol–water partition coefficient (Wildman–Crippen LogP) is 2.54. The molecule has 1 aliphatic carbocycles. The summed E-state index contributed by atoms with van der Waals surface area (Å²) in [6, 6.07) is 9.19. The van der Waals surface area contributed by atoms with E-state index in [4.69, 9.17) is 11.0 Å². The topological polar surface area (TPSA) is 70.1 Å². The Morgan fingerprint density at radius 2 is 2.00 bits per heavy atom. The third kappa shape index (κ3) is 3.43. The number of rotatable bonds is 4. The van der Waals surface area contributed by atoms with E-state index >= 15 is 0 Å². The van der Waals surface area contributed by atoms with Crippen LogP contribution in [0.2, 0.25) is 0 Å². The predicted molar refractivity (Wildman–Crippen MR) is 82.7 cm³/mol. The second-order valence-electron chi connectivity index (χ2n) is 5.63. The Morgan fingerprint density at radius 3 is 2.57 bits per heavy atom. The molecule has 2 rings (SSSR count). The number of nitrogens with two attached hydrogens (primary N) is 1. The van der Waals surface area contributed by atoms with Crippen molar-refractivity contribution in [2.24, 2.45) is 11.7 Å². The van der Waals surface area contributed by atoms with Crippen molar-refractivity contribution in [1.29, 1.82) is 5.26 Å². The van der Waals surface area contributed by atoms with Crippen molar-refractivity contribution in [1.82, 2.24) is 4.90 Å². The molecule has 21 heavy (non-hydrogen) atoms. The fourth-order valence-corrected chi connectivity index (χ4v) is 3.26. The van der Waals surface area contributed by atoms with Crippen LogP contribution in [0.25, 0.3) is 0 Å². The Hall–Kier alpha value is -1.86. The molecule has 2 atom stereocenters. The first kappa shape index (κ1) is 15.5. The average molecular weight is 285 g/mol. The molecule has 1 aromatic carbocycles. The van der Waals surface area contributed by atoms with Gasteiger partial charge in [0.25, 0.3) is 5.91 Å². The van der Waals surface area contributed by atoms with Crippen LogP contribution in [0.3, 0.4) is 0 Å². The summed E-state index contributed by atoms with van der Waals surface area (Å²) in [4.78, 5) is 14.7. The molecule has 1 aliphatic rings. The average Bonchev–Trinajstić information content (AvgIpc) is 2.56. The molecule has 0 aliphatic heterocycles. The summed E-state index contributed by atoms with van der Waals surface area (Å²) < 4.78 is 0. The summed E-state index contributed by atoms with van der Waals surface area (Å²) in [6.07, 6.45) is 4.52. The van der Waals surface area contributed by atoms with Crippen LogP contribution in [0, 0.1) is 17.2 Å². The summed E-state index contributed by atoms with van der Waals surface area (Å²) in [5.74, 6) is 0.452. The van der Waals surface area contributed by atoms with Gasteiger partial charge in [-0.1, -0.05) is 12.8 Å². The Bertz CT molecular complexity index is 518. The third-order valence-electron chi connectivity index (χ3n) is 4.43. The SMILES string of the molecule is CCN(C(=O)c1ccc(C#N)cc1)C1CCCCC1CN. The van der Waals surface area contributed by atoms with Gasteiger partial charge in [0.15, 0.2) is 0 Å². The zero-order valence-corrected chi connectivity index (χ0v) is 12.6. The van der Waals surface area contributed by atoms with E-state index in [0.29, 0.717) is 30.1 Å². The lowest BCUT2D eigenvalue weighted by Crippen LogP contribution is -2.48. The number of carbonyl (C=O) groups excluding carboxylic acids is 1. The lowest BCUT2D eigenvalue weighted by molar-refractivity contribution is 0.0560. The van der Waals surface area contributed by atoms with Gasteiger partial charge in [0.1, 0.15) is 0 Å². The molecule has 1 saturated carbocycles. The van der Waals surface area contributed by atoms with Crippen LogP contribution in [0.4, 0.5) is 0 Å². The van der Waals surface area contributed by atoms with Crippen molar-refractivity contribution in [2.45, 2.75) is 38.6 Å². The quantitative estimate of drug-likeness (QED) is 0.924. The summed E-state index contributed by atoms with van der Waals surface area (Å²) in [5, 5.41) is 8.83. The van der Waals surface area contributed by atoms with Crippen molar-refractivity contribution in [3.8, 4) is 6.07 Å². The van der Waals surface area contributed by atoms with Gasteiger partial charge in [-0.2, -0.15) is 5.26 Å². The van der Waals surface area contributed by atoms with E-state index in [2.05, 4.69) is 6.07 Å². The van der Waals surface area contributed by atoms with E-state index < -0.39 is 0 Å². The number of amides is 1. The van der Waals surface area contributed by atoms with Gasteiger partial charge in [0.2, 0.25) is 0 Å². The molecule has 1 fully saturated rings. The monoisotopic (exact) mass is 285 g/mol. The van der Waals surface area contributed by atoms with Crippen LogP contribution < -0.4 is 5.73 Å². The molecule has 1 aromatic rings. The van der Waals surface area contributed by atoms with Gasteiger partial charge in [0.05, 0.1) is 11.6 Å². The molecule has 0 saturated heterocycles. The molecule has 4 heteroatoms. The normalized spacial score (nSPS) is 21.6. The maximum absolute atomic E-state index is 12.7. The molecular weight excluding hydrogens is 262 g/mol. The molecule has 2 N–H and O–H groups in total. The van der Waals surface area contributed by atoms with Crippen LogP contribution in [0.5, 0.6) is 0 Å². The molecule has 0 spiro atoms. The Morgan fingerprint density at radius 1 is 1.33 bits per heavy atom. The van der Waals surface area contributed by atoms with Gasteiger partial charge in [-0.3, -0.25) is 4.79 Å². The standard InChI is InChI=1S/C17H23N3O/c1-2-20(16-6-4-3-5-15(16)12-19)17(21)14-9-7-13(11-18)8-10-14/h7-10,15-16H,2-6,12,19H2,1H3. The summed E-state index contributed by atoms with van der Waals surface area (Å²) in [5.41, 5.74) is 7.12. The minimum absolute atomic E-state index is 0.0485. The molecular formula is C17H23N3O. The second kappa shape index (κ2) is 7.24. The largest absolute Gasteiger partial charge is 0.336 e. The molecule has 0 heterocycles. The zero-order chi connectivity index (χ0) is 15.2. The van der Waals surface area contributed by atoms with Crippen molar-refractivity contribution < 1.29 is 4.79 Å². The molecule has 0 radical (unpaired) electrons. The highest BCUT2D eigenvalue weighted by atomic mass is 16.2. The highest BCUT2D eigenvalue weighted by molar-refractivity contribution is 5.94. The van der Waals surface area contributed by atoms with Gasteiger partial charge in [-0.25, -0.2) is 0 Å². The summed E-state index contributed by atoms with van der Waals surface area (Å²) >= 11 is 0. The van der Waals surface area contributed by atoms with Crippen LogP contribution in [-0.2, 0) is 0 Å². The highest BCUT2D eigenvalue weighted by Crippen LogP contribution is 2.28. The lowest BCUT2D eigenvalue weighted by Gasteiger charge is -2.39. The van der Waals surface area contributed by atoms with Gasteiger partial charge >= 0.3 is 0 Å². The molecule has 112 valence electrons. The number of carbonyl (C=O) groups is 1. The van der Waals surface area contributed by atoms with Crippen LogP contribution in [0.1, 0.15) is 48.5 Å². The molecule has 2 unspecified atom stereocenters. The third-order valence-corrected chi connectivity index (χ3v) is 4.43. The number of nitriles is 1. The number of hydrogen-bond donors (Lipinski definition) is 1. The first-order valence-corrected chi connectivity index (χ1v) is 7.72. The van der Waals surface area contributed by atoms with Gasteiger partial charge in [0, 0.05) is 18.2 Å². The highest BCUT2D eigenvalue weighted by Gasteiger charge is 2.31. The van der Waals surface area contributed by atoms with E-state index in [-0.39, 0.29) is 11.9 Å². The van der Waals surface area contributed by atoms with Crippen LogP contribution >= 0.6 is 0 Å². The van der Waals surface area contributed by atoms with Crippen molar-refractivity contribution in [3.63, 3.8) is 0 Å². The zero-order valence-electron chi connectivity index (χ0n) is 12.6. The molecule has 1 amide bonds. The van der Waals surface area contributed by atoms with E-state index in [0.717, 1.165) is 19.3 Å². The maximum Gasteiger partial charge on any atom is 0.254 e. The van der Waals surface area contributed by atoms with Crippen LogP contribution in [-0.4, -0.2) is 29.9 Å². The van der Waals surface area contributed by atoms with E-state index in [1.54, 1.807) is 24.3 Å². The Balaban J connectivity index is 2.18. The van der Waals surface area contributed by atoms with Gasteiger partial charge < -0.3 is 10.6 Å². The second-order valence-corrected chi connectivity index (χ2v) is 5.63. The van der Waals surface area contributed by atoms with Gasteiger partial charge in [-0.15, -0.1) is 0 Å². The number of benzene rings is 1.